The number of allylic oxidation sites excluding steroid dienone is 7. The van der Waals surface area contributed by atoms with Gasteiger partial charge in [0.2, 0.25) is 0 Å². The van der Waals surface area contributed by atoms with Crippen molar-refractivity contribution in [1.82, 2.24) is 0 Å². The lowest BCUT2D eigenvalue weighted by atomic mass is 10.1. The standard InChI is InChI=1S/C20H32O3S/c1-2-3-4-5-6-7-8-9-10-11-12-13-16-19(24)18(21)15-14-17-20(22)23/h6-7,9-13,16,18-19,21,24H,2-5,8,14-15,17H2,1H3,(H,22,23)/b7-6+,10-9+,12-11+,16-13+/t18-,19+/m0/s1. The molecule has 0 amide bonds. The summed E-state index contributed by atoms with van der Waals surface area (Å²) in [5, 5.41) is 18.1. The van der Waals surface area contributed by atoms with Gasteiger partial charge in [-0.05, 0) is 32.1 Å². The Morgan fingerprint density at radius 2 is 1.79 bits per heavy atom. The van der Waals surface area contributed by atoms with Gasteiger partial charge < -0.3 is 10.2 Å². The van der Waals surface area contributed by atoms with E-state index in [4.69, 9.17) is 5.11 Å². The summed E-state index contributed by atoms with van der Waals surface area (Å²) >= 11 is 4.31. The Morgan fingerprint density at radius 1 is 1.04 bits per heavy atom. The van der Waals surface area contributed by atoms with Crippen LogP contribution in [0.1, 0.15) is 58.3 Å². The molecule has 0 bridgehead atoms. The molecule has 0 aliphatic heterocycles. The van der Waals surface area contributed by atoms with Crippen molar-refractivity contribution in [3.8, 4) is 0 Å². The minimum absolute atomic E-state index is 0.0824. The fraction of sp³-hybridized carbons (Fsp3) is 0.550. The van der Waals surface area contributed by atoms with Gasteiger partial charge in [-0.1, -0.05) is 68.4 Å². The summed E-state index contributed by atoms with van der Waals surface area (Å²) in [6.07, 6.45) is 22.3. The molecule has 0 aromatic carbocycles. The van der Waals surface area contributed by atoms with Crippen molar-refractivity contribution in [3.05, 3.63) is 48.6 Å². The Balaban J connectivity index is 3.81. The van der Waals surface area contributed by atoms with Gasteiger partial charge in [-0.15, -0.1) is 0 Å². The smallest absolute Gasteiger partial charge is 0.303 e. The monoisotopic (exact) mass is 352 g/mol. The quantitative estimate of drug-likeness (QED) is 0.176. The van der Waals surface area contributed by atoms with Crippen molar-refractivity contribution < 1.29 is 15.0 Å². The van der Waals surface area contributed by atoms with Crippen LogP contribution in [-0.4, -0.2) is 27.5 Å². The van der Waals surface area contributed by atoms with Crippen LogP contribution in [0.15, 0.2) is 48.6 Å². The van der Waals surface area contributed by atoms with Gasteiger partial charge in [0.25, 0.3) is 0 Å². The number of aliphatic hydroxyl groups is 1. The number of aliphatic hydroxyl groups excluding tert-OH is 1. The predicted octanol–water partition coefficient (Wildman–Crippen LogP) is 5.10. The Hall–Kier alpha value is -1.26. The molecule has 0 rings (SSSR count). The molecule has 0 heterocycles. The molecule has 2 N–H and O–H groups in total. The molecule has 0 spiro atoms. The Morgan fingerprint density at radius 3 is 2.50 bits per heavy atom. The number of carboxylic acid groups (broad SMARTS) is 1. The second-order valence-electron chi connectivity index (χ2n) is 5.74. The lowest BCUT2D eigenvalue weighted by Crippen LogP contribution is -2.19. The number of rotatable bonds is 14. The zero-order chi connectivity index (χ0) is 18.0. The van der Waals surface area contributed by atoms with Crippen molar-refractivity contribution >= 4 is 18.6 Å². The number of hydrogen-bond acceptors (Lipinski definition) is 3. The van der Waals surface area contributed by atoms with Crippen molar-refractivity contribution in [2.75, 3.05) is 0 Å². The van der Waals surface area contributed by atoms with Crippen molar-refractivity contribution in [1.29, 1.82) is 0 Å². The van der Waals surface area contributed by atoms with E-state index in [9.17, 15) is 9.90 Å². The third kappa shape index (κ3) is 15.6. The molecule has 0 aliphatic carbocycles. The number of unbranched alkanes of at least 4 members (excludes halogenated alkanes) is 3. The fourth-order valence-electron chi connectivity index (χ4n) is 2.03. The number of thiol groups is 1. The van der Waals surface area contributed by atoms with E-state index in [1.54, 1.807) is 0 Å². The number of hydrogen-bond donors (Lipinski definition) is 3. The summed E-state index contributed by atoms with van der Waals surface area (Å²) in [5.74, 6) is -0.834. The maximum Gasteiger partial charge on any atom is 0.303 e. The van der Waals surface area contributed by atoms with E-state index in [0.717, 1.165) is 6.42 Å². The predicted molar refractivity (Wildman–Crippen MR) is 106 cm³/mol. The highest BCUT2D eigenvalue weighted by Gasteiger charge is 2.12. The molecular formula is C20H32O3S. The molecule has 0 radical (unpaired) electrons. The van der Waals surface area contributed by atoms with E-state index < -0.39 is 12.1 Å². The van der Waals surface area contributed by atoms with Crippen LogP contribution in [0.4, 0.5) is 0 Å². The highest BCUT2D eigenvalue weighted by molar-refractivity contribution is 7.81. The van der Waals surface area contributed by atoms with Crippen molar-refractivity contribution in [3.63, 3.8) is 0 Å². The van der Waals surface area contributed by atoms with E-state index in [1.807, 2.05) is 30.4 Å². The number of carboxylic acids is 1. The minimum Gasteiger partial charge on any atom is -0.481 e. The lowest BCUT2D eigenvalue weighted by molar-refractivity contribution is -0.137. The van der Waals surface area contributed by atoms with E-state index in [0.29, 0.717) is 12.8 Å². The lowest BCUT2D eigenvalue weighted by Gasteiger charge is -2.13. The first kappa shape index (κ1) is 22.7. The molecular weight excluding hydrogens is 320 g/mol. The summed E-state index contributed by atoms with van der Waals surface area (Å²) in [4.78, 5) is 10.4. The van der Waals surface area contributed by atoms with E-state index in [2.05, 4.69) is 37.8 Å². The molecule has 0 saturated carbocycles. The van der Waals surface area contributed by atoms with Crippen LogP contribution in [0.25, 0.3) is 0 Å². The number of carbonyl (C=O) groups is 1. The summed E-state index contributed by atoms with van der Waals surface area (Å²) in [5.41, 5.74) is 0. The normalized spacial score (nSPS) is 15.1. The molecule has 0 aliphatic rings. The highest BCUT2D eigenvalue weighted by Crippen LogP contribution is 2.11. The van der Waals surface area contributed by atoms with E-state index in [1.165, 1.54) is 25.7 Å². The molecule has 0 saturated heterocycles. The third-order valence-corrected chi connectivity index (χ3v) is 3.99. The highest BCUT2D eigenvalue weighted by atomic mass is 32.1. The number of aliphatic carboxylic acids is 1. The van der Waals surface area contributed by atoms with Crippen LogP contribution in [0.3, 0.4) is 0 Å². The first-order valence-electron chi connectivity index (χ1n) is 8.80. The second kappa shape index (κ2) is 16.6. The maximum atomic E-state index is 10.4. The van der Waals surface area contributed by atoms with E-state index in [-0.39, 0.29) is 11.7 Å². The Labute approximate surface area is 152 Å². The average molecular weight is 353 g/mol. The maximum absolute atomic E-state index is 10.4. The Bertz CT molecular complexity index is 425. The first-order chi connectivity index (χ1) is 11.6. The molecule has 0 fully saturated rings. The summed E-state index contributed by atoms with van der Waals surface area (Å²) in [6.45, 7) is 2.21. The van der Waals surface area contributed by atoms with Gasteiger partial charge in [0.15, 0.2) is 0 Å². The van der Waals surface area contributed by atoms with Crippen LogP contribution in [0.2, 0.25) is 0 Å². The zero-order valence-electron chi connectivity index (χ0n) is 14.7. The van der Waals surface area contributed by atoms with Gasteiger partial charge in [-0.25, -0.2) is 0 Å². The minimum atomic E-state index is -0.834. The van der Waals surface area contributed by atoms with Gasteiger partial charge in [0.05, 0.1) is 6.10 Å². The molecule has 3 nitrogen and oxygen atoms in total. The largest absolute Gasteiger partial charge is 0.481 e. The zero-order valence-corrected chi connectivity index (χ0v) is 15.6. The third-order valence-electron chi connectivity index (χ3n) is 3.48. The summed E-state index contributed by atoms with van der Waals surface area (Å²) in [6, 6.07) is 0. The Kier molecular flexibility index (Phi) is 15.7. The molecule has 2 atom stereocenters. The van der Waals surface area contributed by atoms with E-state index >= 15 is 0 Å². The van der Waals surface area contributed by atoms with Crippen LogP contribution >= 0.6 is 12.6 Å². The van der Waals surface area contributed by atoms with Crippen LogP contribution in [0, 0.1) is 0 Å². The van der Waals surface area contributed by atoms with Crippen molar-refractivity contribution in [2.45, 2.75) is 69.6 Å². The molecule has 136 valence electrons. The molecule has 4 heteroatoms. The molecule has 0 aromatic heterocycles. The second-order valence-corrected chi connectivity index (χ2v) is 6.34. The molecule has 0 unspecified atom stereocenters. The van der Waals surface area contributed by atoms with Crippen LogP contribution < -0.4 is 0 Å². The van der Waals surface area contributed by atoms with Gasteiger partial charge in [-0.2, -0.15) is 12.6 Å². The van der Waals surface area contributed by atoms with Gasteiger partial charge in [0.1, 0.15) is 0 Å². The first-order valence-corrected chi connectivity index (χ1v) is 9.32. The summed E-state index contributed by atoms with van der Waals surface area (Å²) in [7, 11) is 0. The van der Waals surface area contributed by atoms with Crippen molar-refractivity contribution in [2.24, 2.45) is 0 Å². The molecule has 0 aromatic rings. The van der Waals surface area contributed by atoms with Gasteiger partial charge in [0, 0.05) is 11.7 Å². The fourth-order valence-corrected chi connectivity index (χ4v) is 2.28. The topological polar surface area (TPSA) is 57.5 Å². The SMILES string of the molecule is CCCCC/C=C/C/C=C/C=C/C=C/[C@@H](S)[C@@H](O)CCCC(=O)O. The van der Waals surface area contributed by atoms with Gasteiger partial charge >= 0.3 is 5.97 Å². The molecule has 24 heavy (non-hydrogen) atoms. The van der Waals surface area contributed by atoms with Crippen LogP contribution in [0.5, 0.6) is 0 Å². The summed E-state index contributed by atoms with van der Waals surface area (Å²) < 4.78 is 0. The van der Waals surface area contributed by atoms with Crippen LogP contribution in [-0.2, 0) is 4.79 Å². The average Bonchev–Trinajstić information content (AvgIpc) is 2.55. The van der Waals surface area contributed by atoms with Gasteiger partial charge in [-0.3, -0.25) is 4.79 Å².